The van der Waals surface area contributed by atoms with Gasteiger partial charge in [0.05, 0.1) is 5.52 Å². The van der Waals surface area contributed by atoms with Gasteiger partial charge in [-0.15, -0.1) is 0 Å². The molecule has 0 radical (unpaired) electrons. The van der Waals surface area contributed by atoms with Crippen LogP contribution in [0.2, 0.25) is 0 Å². The van der Waals surface area contributed by atoms with E-state index >= 15 is 0 Å². The van der Waals surface area contributed by atoms with Gasteiger partial charge in [-0.05, 0) is 91.6 Å². The lowest BCUT2D eigenvalue weighted by Gasteiger charge is -2.26. The van der Waals surface area contributed by atoms with Crippen molar-refractivity contribution >= 4 is 71.2 Å². The van der Waals surface area contributed by atoms with Gasteiger partial charge in [-0.1, -0.05) is 146 Å². The van der Waals surface area contributed by atoms with E-state index in [1.54, 1.807) is 0 Å². The number of fused-ring (bicyclic) bond motifs is 9. The number of para-hydroxylation sites is 1. The van der Waals surface area contributed by atoms with Crippen molar-refractivity contribution in [3.8, 4) is 22.3 Å². The molecule has 1 aromatic heterocycles. The molecule has 0 N–H and O–H groups in total. The van der Waals surface area contributed by atoms with Gasteiger partial charge in [-0.2, -0.15) is 0 Å². The normalized spacial score (nSPS) is 11.6. The molecule has 9 aromatic carbocycles. The molecule has 1 heterocycles. The minimum Gasteiger partial charge on any atom is -0.343 e. The highest BCUT2D eigenvalue weighted by Gasteiger charge is 2.19. The molecule has 0 spiro atoms. The molecule has 0 atom stereocenters. The molecule has 0 saturated carbocycles. The van der Waals surface area contributed by atoms with E-state index in [1.807, 2.05) is 0 Å². The van der Waals surface area contributed by atoms with Gasteiger partial charge in [0.2, 0.25) is 0 Å². The molecule has 51 heavy (non-hydrogen) atoms. The van der Waals surface area contributed by atoms with Crippen LogP contribution in [-0.2, 0) is 7.05 Å². The first kappa shape index (κ1) is 29.3. The number of aryl methyl sites for hydroxylation is 1. The Labute approximate surface area is 297 Å². The molecule has 0 aliphatic heterocycles. The summed E-state index contributed by atoms with van der Waals surface area (Å²) in [5.74, 6) is 0. The van der Waals surface area contributed by atoms with Crippen LogP contribution in [0.4, 0.5) is 17.1 Å². The van der Waals surface area contributed by atoms with Crippen molar-refractivity contribution < 1.29 is 0 Å². The Balaban J connectivity index is 1.05. The highest BCUT2D eigenvalue weighted by molar-refractivity contribution is 6.33. The SMILES string of the molecule is Cn1c2cccc(-c3ccc(-c4ccc(N(c5ccccc5)c5ccc6ccccc6c5)cc4)cc3)c2c2c3ccccc3c3ccccc3c21. The third-order valence-corrected chi connectivity index (χ3v) is 10.6. The quantitative estimate of drug-likeness (QED) is 0.168. The number of nitrogens with zero attached hydrogens (tertiary/aromatic N) is 2. The van der Waals surface area contributed by atoms with Crippen LogP contribution in [0.25, 0.3) is 76.4 Å². The number of rotatable bonds is 5. The summed E-state index contributed by atoms with van der Waals surface area (Å²) < 4.78 is 2.38. The van der Waals surface area contributed by atoms with Crippen molar-refractivity contribution in [1.29, 1.82) is 0 Å². The fraction of sp³-hybridized carbons (Fsp3) is 0.0204. The van der Waals surface area contributed by atoms with Gasteiger partial charge in [0.25, 0.3) is 0 Å². The Hall–Kier alpha value is -6.64. The molecule has 2 heteroatoms. The minimum absolute atomic E-state index is 1.12. The lowest BCUT2D eigenvalue weighted by Crippen LogP contribution is -2.09. The van der Waals surface area contributed by atoms with Gasteiger partial charge < -0.3 is 9.47 Å². The average Bonchev–Trinajstić information content (AvgIpc) is 3.51. The van der Waals surface area contributed by atoms with Crippen LogP contribution in [0.1, 0.15) is 0 Å². The van der Waals surface area contributed by atoms with Crippen LogP contribution in [0, 0.1) is 0 Å². The van der Waals surface area contributed by atoms with Gasteiger partial charge in [-0.25, -0.2) is 0 Å². The monoisotopic (exact) mass is 650 g/mol. The van der Waals surface area contributed by atoms with E-state index in [-0.39, 0.29) is 0 Å². The van der Waals surface area contributed by atoms with E-state index in [2.05, 4.69) is 205 Å². The Kier molecular flexibility index (Phi) is 6.75. The van der Waals surface area contributed by atoms with Gasteiger partial charge in [0, 0.05) is 45.8 Å². The lowest BCUT2D eigenvalue weighted by molar-refractivity contribution is 1.02. The third-order valence-electron chi connectivity index (χ3n) is 10.6. The fourth-order valence-electron chi connectivity index (χ4n) is 8.15. The number of aromatic nitrogens is 1. The summed E-state index contributed by atoms with van der Waals surface area (Å²) >= 11 is 0. The van der Waals surface area contributed by atoms with Gasteiger partial charge in [0.15, 0.2) is 0 Å². The molecule has 10 aromatic rings. The summed E-state index contributed by atoms with van der Waals surface area (Å²) in [6.45, 7) is 0. The summed E-state index contributed by atoms with van der Waals surface area (Å²) in [6, 6.07) is 68.3. The first-order valence-electron chi connectivity index (χ1n) is 17.6. The van der Waals surface area contributed by atoms with Gasteiger partial charge in [0.1, 0.15) is 0 Å². The molecule has 0 saturated heterocycles. The summed E-state index contributed by atoms with van der Waals surface area (Å²) in [7, 11) is 2.21. The second-order valence-electron chi connectivity index (χ2n) is 13.4. The Morgan fingerprint density at radius 1 is 0.373 bits per heavy atom. The smallest absolute Gasteiger partial charge is 0.0575 e. The second kappa shape index (κ2) is 11.8. The standard InChI is InChI=1S/C49H34N2/c1-50-46-21-11-20-41(47(46)48-44-18-9-7-16-42(44)43-17-8-10-19-45(43)49(48)50)36-24-22-34(23-25-36)35-26-29-39(30-27-35)51(38-14-3-2-4-15-38)40-31-28-33-12-5-6-13-37(33)32-40/h2-32H,1H3. The van der Waals surface area contributed by atoms with Gasteiger partial charge in [-0.3, -0.25) is 0 Å². The Bertz CT molecular complexity index is 2900. The molecule has 0 bridgehead atoms. The molecular weight excluding hydrogens is 617 g/mol. The van der Waals surface area contributed by atoms with Crippen LogP contribution >= 0.6 is 0 Å². The molecule has 10 rings (SSSR count). The Morgan fingerprint density at radius 3 is 1.67 bits per heavy atom. The zero-order valence-electron chi connectivity index (χ0n) is 28.3. The highest BCUT2D eigenvalue weighted by Crippen LogP contribution is 2.44. The highest BCUT2D eigenvalue weighted by atomic mass is 15.1. The maximum absolute atomic E-state index is 2.38. The number of anilines is 3. The maximum Gasteiger partial charge on any atom is 0.0575 e. The van der Waals surface area contributed by atoms with E-state index in [4.69, 9.17) is 0 Å². The topological polar surface area (TPSA) is 8.17 Å². The minimum atomic E-state index is 1.12. The molecular formula is C49H34N2. The third kappa shape index (κ3) is 4.72. The van der Waals surface area contributed by atoms with Crippen molar-refractivity contribution in [2.45, 2.75) is 0 Å². The first-order chi connectivity index (χ1) is 25.2. The van der Waals surface area contributed by atoms with Crippen LogP contribution in [-0.4, -0.2) is 4.57 Å². The van der Waals surface area contributed by atoms with Crippen LogP contribution in [0.15, 0.2) is 188 Å². The van der Waals surface area contributed by atoms with E-state index in [0.717, 1.165) is 17.1 Å². The van der Waals surface area contributed by atoms with E-state index in [9.17, 15) is 0 Å². The van der Waals surface area contributed by atoms with E-state index < -0.39 is 0 Å². The summed E-state index contributed by atoms with van der Waals surface area (Å²) in [6.07, 6.45) is 0. The molecule has 0 aliphatic carbocycles. The largest absolute Gasteiger partial charge is 0.343 e. The molecule has 0 unspecified atom stereocenters. The van der Waals surface area contributed by atoms with Crippen molar-refractivity contribution in [2.75, 3.05) is 4.90 Å². The number of hydrogen-bond acceptors (Lipinski definition) is 1. The zero-order valence-corrected chi connectivity index (χ0v) is 28.3. The zero-order chi connectivity index (χ0) is 33.9. The first-order valence-corrected chi connectivity index (χ1v) is 17.6. The van der Waals surface area contributed by atoms with E-state index in [0.29, 0.717) is 0 Å². The fourth-order valence-corrected chi connectivity index (χ4v) is 8.15. The summed E-state index contributed by atoms with van der Waals surface area (Å²) in [5, 5.41) is 10.3. The molecule has 2 nitrogen and oxygen atoms in total. The van der Waals surface area contributed by atoms with Crippen molar-refractivity contribution in [2.24, 2.45) is 7.05 Å². The van der Waals surface area contributed by atoms with Gasteiger partial charge >= 0.3 is 0 Å². The molecule has 0 aliphatic rings. The van der Waals surface area contributed by atoms with E-state index in [1.165, 1.54) is 76.4 Å². The number of benzene rings is 9. The maximum atomic E-state index is 2.38. The second-order valence-corrected chi connectivity index (χ2v) is 13.4. The Morgan fingerprint density at radius 2 is 0.922 bits per heavy atom. The molecule has 240 valence electrons. The van der Waals surface area contributed by atoms with Crippen molar-refractivity contribution in [3.05, 3.63) is 188 Å². The predicted octanol–water partition coefficient (Wildman–Crippen LogP) is 13.6. The van der Waals surface area contributed by atoms with Crippen LogP contribution < -0.4 is 4.90 Å². The van der Waals surface area contributed by atoms with Crippen LogP contribution in [0.5, 0.6) is 0 Å². The summed E-state index contributed by atoms with van der Waals surface area (Å²) in [5.41, 5.74) is 10.8. The number of hydrogen-bond donors (Lipinski definition) is 0. The van der Waals surface area contributed by atoms with Crippen LogP contribution in [0.3, 0.4) is 0 Å². The van der Waals surface area contributed by atoms with Crippen molar-refractivity contribution in [3.63, 3.8) is 0 Å². The molecule has 0 amide bonds. The van der Waals surface area contributed by atoms with Crippen molar-refractivity contribution in [1.82, 2.24) is 4.57 Å². The lowest BCUT2D eigenvalue weighted by atomic mass is 9.93. The summed E-state index contributed by atoms with van der Waals surface area (Å²) in [4.78, 5) is 2.33. The average molecular weight is 651 g/mol. The predicted molar refractivity (Wildman–Crippen MR) is 218 cm³/mol. The molecule has 0 fully saturated rings.